The molecule has 1 unspecified atom stereocenters. The first-order chi connectivity index (χ1) is 7.87. The molecule has 1 rings (SSSR count). The van der Waals surface area contributed by atoms with Crippen LogP contribution in [0.1, 0.15) is 34.6 Å². The molecule has 1 atom stereocenters. The summed E-state index contributed by atoms with van der Waals surface area (Å²) in [4.78, 5) is 11.2. The summed E-state index contributed by atoms with van der Waals surface area (Å²) < 4.78 is 24.5. The quantitative estimate of drug-likeness (QED) is 0.748. The molecule has 1 saturated heterocycles. The summed E-state index contributed by atoms with van der Waals surface area (Å²) in [5.74, 6) is -0.774. The van der Waals surface area contributed by atoms with Gasteiger partial charge in [-0.3, -0.25) is 4.79 Å². The molecule has 0 aliphatic carbocycles. The van der Waals surface area contributed by atoms with Crippen molar-refractivity contribution in [1.82, 2.24) is 8.61 Å². The normalized spacial score (nSPS) is 19.6. The molecule has 104 valence electrons. The molecule has 1 heterocycles. The Morgan fingerprint density at radius 3 is 1.82 bits per heavy atom. The first-order valence-electron chi connectivity index (χ1n) is 5.83. The van der Waals surface area contributed by atoms with E-state index in [1.807, 2.05) is 27.7 Å². The molecule has 7 heteroatoms. The van der Waals surface area contributed by atoms with E-state index in [0.29, 0.717) is 4.31 Å². The second-order valence-electron chi connectivity index (χ2n) is 2.92. The van der Waals surface area contributed by atoms with Crippen LogP contribution in [0.15, 0.2) is 0 Å². The van der Waals surface area contributed by atoms with E-state index in [-0.39, 0.29) is 13.1 Å². The molecule has 17 heavy (non-hydrogen) atoms. The maximum absolute atomic E-state index is 11.4. The van der Waals surface area contributed by atoms with Crippen LogP contribution in [0.2, 0.25) is 0 Å². The zero-order valence-electron chi connectivity index (χ0n) is 11.5. The van der Waals surface area contributed by atoms with Gasteiger partial charge in [0.15, 0.2) is 0 Å². The smallest absolute Gasteiger partial charge is 0.306 e. The lowest BCUT2D eigenvalue weighted by Gasteiger charge is -2.17. The predicted molar refractivity (Wildman–Crippen MR) is 67.6 cm³/mol. The van der Waals surface area contributed by atoms with Crippen LogP contribution in [0.5, 0.6) is 0 Å². The highest BCUT2D eigenvalue weighted by molar-refractivity contribution is 7.87. The minimum atomic E-state index is -3.65. The summed E-state index contributed by atoms with van der Waals surface area (Å²) >= 11 is 0. The maximum atomic E-state index is 11.4. The number of carbonyl (C=O) groups is 1. The van der Waals surface area contributed by atoms with Gasteiger partial charge >= 0.3 is 10.2 Å². The minimum Gasteiger partial charge on any atom is -0.384 e. The van der Waals surface area contributed by atoms with Crippen molar-refractivity contribution in [3.63, 3.8) is 0 Å². The molecular weight excluding hydrogens is 244 g/mol. The summed E-state index contributed by atoms with van der Waals surface area (Å²) in [5, 5.41) is 8.93. The average Bonchev–Trinajstić information content (AvgIpc) is 2.58. The first-order valence-corrected chi connectivity index (χ1v) is 7.23. The van der Waals surface area contributed by atoms with Crippen molar-refractivity contribution in [2.45, 2.75) is 40.7 Å². The fourth-order valence-corrected chi connectivity index (χ4v) is 2.40. The van der Waals surface area contributed by atoms with Crippen LogP contribution in [0, 0.1) is 0 Å². The Labute approximate surface area is 104 Å². The van der Waals surface area contributed by atoms with Crippen LogP contribution in [0.3, 0.4) is 0 Å². The second kappa shape index (κ2) is 8.43. The lowest BCUT2D eigenvalue weighted by molar-refractivity contribution is -0.133. The second-order valence-corrected chi connectivity index (χ2v) is 4.88. The number of likely N-dealkylation sites (N-methyl/N-ethyl adjacent to an activating group) is 1. The molecule has 1 aliphatic heterocycles. The van der Waals surface area contributed by atoms with Gasteiger partial charge in [0.25, 0.3) is 5.91 Å². The predicted octanol–water partition coefficient (Wildman–Crippen LogP) is 0.438. The Hall–Kier alpha value is -0.660. The molecule has 1 fully saturated rings. The van der Waals surface area contributed by atoms with Crippen LogP contribution < -0.4 is 0 Å². The number of aliphatic hydroxyl groups is 1. The highest BCUT2D eigenvalue weighted by Crippen LogP contribution is 2.14. The van der Waals surface area contributed by atoms with Crippen molar-refractivity contribution in [3.05, 3.63) is 0 Å². The maximum Gasteiger partial charge on any atom is 0.306 e. The number of rotatable bonds is 1. The third-order valence-corrected chi connectivity index (χ3v) is 3.78. The van der Waals surface area contributed by atoms with Gasteiger partial charge in [-0.1, -0.05) is 27.7 Å². The number of carbonyl (C=O) groups excluding carboxylic acids is 1. The van der Waals surface area contributed by atoms with Gasteiger partial charge in [0, 0.05) is 13.6 Å². The van der Waals surface area contributed by atoms with E-state index in [4.69, 9.17) is 5.11 Å². The van der Waals surface area contributed by atoms with Crippen molar-refractivity contribution in [2.75, 3.05) is 20.1 Å². The molecule has 0 spiro atoms. The number of aliphatic hydroxyl groups excluding tert-OH is 1. The minimum absolute atomic E-state index is 0.114. The lowest BCUT2D eigenvalue weighted by atomic mass is 10.4. The first kappa shape index (κ1) is 18.7. The van der Waals surface area contributed by atoms with Gasteiger partial charge in [0.05, 0.1) is 6.54 Å². The van der Waals surface area contributed by atoms with Crippen LogP contribution in [-0.4, -0.2) is 54.3 Å². The Morgan fingerprint density at radius 2 is 1.59 bits per heavy atom. The van der Waals surface area contributed by atoms with Gasteiger partial charge in [-0.2, -0.15) is 12.7 Å². The largest absolute Gasteiger partial charge is 0.384 e. The third kappa shape index (κ3) is 4.61. The van der Waals surface area contributed by atoms with E-state index >= 15 is 0 Å². The van der Waals surface area contributed by atoms with Gasteiger partial charge in [-0.15, -0.1) is 0 Å². The summed E-state index contributed by atoms with van der Waals surface area (Å²) in [6.07, 6.45) is -1.28. The van der Waals surface area contributed by atoms with Crippen molar-refractivity contribution < 1.29 is 18.3 Å². The van der Waals surface area contributed by atoms with Gasteiger partial charge in [0.2, 0.25) is 0 Å². The van der Waals surface area contributed by atoms with E-state index in [2.05, 4.69) is 0 Å². The number of nitrogens with zero attached hydrogens (tertiary/aromatic N) is 2. The molecule has 0 aromatic heterocycles. The lowest BCUT2D eigenvalue weighted by Crippen LogP contribution is -2.40. The molecule has 0 bridgehead atoms. The van der Waals surface area contributed by atoms with Gasteiger partial charge in [-0.05, 0) is 6.92 Å². The number of hydrogen-bond donors (Lipinski definition) is 1. The zero-order valence-corrected chi connectivity index (χ0v) is 12.3. The Morgan fingerprint density at radius 1 is 1.18 bits per heavy atom. The average molecular weight is 268 g/mol. The Balaban J connectivity index is 0. The van der Waals surface area contributed by atoms with E-state index in [9.17, 15) is 13.2 Å². The summed E-state index contributed by atoms with van der Waals surface area (Å²) in [6, 6.07) is 0. The van der Waals surface area contributed by atoms with Crippen LogP contribution in [-0.2, 0) is 15.0 Å². The van der Waals surface area contributed by atoms with E-state index in [1.54, 1.807) is 0 Å². The van der Waals surface area contributed by atoms with Crippen molar-refractivity contribution in [3.8, 4) is 0 Å². The van der Waals surface area contributed by atoms with Crippen LogP contribution in [0.25, 0.3) is 0 Å². The molecule has 1 aliphatic rings. The number of amides is 1. The highest BCUT2D eigenvalue weighted by atomic mass is 32.2. The monoisotopic (exact) mass is 268 g/mol. The van der Waals surface area contributed by atoms with Gasteiger partial charge in [-0.25, -0.2) is 4.31 Å². The molecule has 6 nitrogen and oxygen atoms in total. The van der Waals surface area contributed by atoms with Gasteiger partial charge in [0.1, 0.15) is 6.10 Å². The molecule has 1 amide bonds. The van der Waals surface area contributed by atoms with E-state index in [1.165, 1.54) is 14.0 Å². The molecule has 0 saturated carbocycles. The Bertz CT molecular complexity index is 314. The van der Waals surface area contributed by atoms with Gasteiger partial charge < -0.3 is 5.11 Å². The fraction of sp³-hybridized carbons (Fsp3) is 0.900. The molecule has 1 N–H and O–H groups in total. The van der Waals surface area contributed by atoms with Crippen LogP contribution in [0.4, 0.5) is 0 Å². The van der Waals surface area contributed by atoms with Crippen molar-refractivity contribution in [1.29, 1.82) is 0 Å². The molecule has 0 aromatic rings. The SMILES string of the molecule is CC.CC.CC(O)C(=O)N1CCN(C)S1(=O)=O. The molecule has 0 radical (unpaired) electrons. The molecular formula is C10H24N2O4S. The summed E-state index contributed by atoms with van der Waals surface area (Å²) in [6.45, 7) is 9.64. The fourth-order valence-electron chi connectivity index (χ4n) is 1.06. The van der Waals surface area contributed by atoms with E-state index in [0.717, 1.165) is 4.31 Å². The molecule has 0 aromatic carbocycles. The van der Waals surface area contributed by atoms with Crippen LogP contribution >= 0.6 is 0 Å². The summed E-state index contributed by atoms with van der Waals surface area (Å²) in [5.41, 5.74) is 0. The highest BCUT2D eigenvalue weighted by Gasteiger charge is 2.38. The number of hydrogen-bond acceptors (Lipinski definition) is 4. The zero-order chi connectivity index (χ0) is 14.2. The summed E-state index contributed by atoms with van der Waals surface area (Å²) in [7, 11) is -2.26. The standard InChI is InChI=1S/C6H12N2O4S.2C2H6/c1-5(9)6(10)8-4-3-7(2)13(8,11)12;2*1-2/h5,9H,3-4H2,1-2H3;2*1-2H3. The Kier molecular flexibility index (Phi) is 9.28. The topological polar surface area (TPSA) is 77.9 Å². The third-order valence-electron chi connectivity index (χ3n) is 1.89. The van der Waals surface area contributed by atoms with Crippen molar-refractivity contribution >= 4 is 16.1 Å². The van der Waals surface area contributed by atoms with Crippen molar-refractivity contribution in [2.24, 2.45) is 0 Å². The van der Waals surface area contributed by atoms with E-state index < -0.39 is 22.2 Å².